The van der Waals surface area contributed by atoms with Gasteiger partial charge in [0.15, 0.2) is 0 Å². The summed E-state index contributed by atoms with van der Waals surface area (Å²) in [6.45, 7) is 3.06. The van der Waals surface area contributed by atoms with Crippen molar-refractivity contribution >= 4 is 0 Å². The predicted octanol–water partition coefficient (Wildman–Crippen LogP) is 4.04. The topological polar surface area (TPSA) is 21.3 Å². The van der Waals surface area contributed by atoms with Gasteiger partial charge in [-0.3, -0.25) is 0 Å². The molecule has 1 aliphatic carbocycles. The first kappa shape index (κ1) is 14.2. The van der Waals surface area contributed by atoms with Crippen molar-refractivity contribution in [3.8, 4) is 5.75 Å². The molecule has 1 aliphatic rings. The second kappa shape index (κ2) is 6.31. The molecule has 0 aromatic heterocycles. The highest BCUT2D eigenvalue weighted by Crippen LogP contribution is 2.37. The van der Waals surface area contributed by atoms with Crippen LogP contribution in [0.25, 0.3) is 0 Å². The van der Waals surface area contributed by atoms with Crippen LogP contribution in [0.3, 0.4) is 0 Å². The number of hydrogen-bond acceptors (Lipinski definition) is 2. The van der Waals surface area contributed by atoms with Crippen molar-refractivity contribution in [1.82, 2.24) is 5.32 Å². The molecule has 0 radical (unpaired) electrons. The molecule has 21 heavy (non-hydrogen) atoms. The average Bonchev–Trinajstić information content (AvgIpc) is 2.47. The number of nitrogens with one attached hydrogen (secondary N) is 1. The number of benzene rings is 2. The van der Waals surface area contributed by atoms with Gasteiger partial charge in [-0.15, -0.1) is 0 Å². The van der Waals surface area contributed by atoms with E-state index < -0.39 is 0 Å². The summed E-state index contributed by atoms with van der Waals surface area (Å²) in [5, 5.41) is 3.64. The van der Waals surface area contributed by atoms with E-state index in [2.05, 4.69) is 48.6 Å². The Hall–Kier alpha value is -1.80. The van der Waals surface area contributed by atoms with Gasteiger partial charge >= 0.3 is 0 Å². The molecule has 3 rings (SSSR count). The summed E-state index contributed by atoms with van der Waals surface area (Å²) in [4.78, 5) is 0. The number of aryl methyl sites for hydroxylation is 1. The zero-order valence-corrected chi connectivity index (χ0v) is 12.8. The van der Waals surface area contributed by atoms with Gasteiger partial charge in [0.25, 0.3) is 0 Å². The average molecular weight is 281 g/mol. The lowest BCUT2D eigenvalue weighted by Gasteiger charge is -2.36. The second-order valence-corrected chi connectivity index (χ2v) is 6.01. The number of ether oxygens (including phenoxy) is 1. The van der Waals surface area contributed by atoms with Crippen molar-refractivity contribution in [3.05, 3.63) is 65.2 Å². The Bertz CT molecular complexity index is 585. The van der Waals surface area contributed by atoms with Gasteiger partial charge in [0.1, 0.15) is 5.75 Å². The van der Waals surface area contributed by atoms with E-state index in [1.807, 2.05) is 12.1 Å². The minimum Gasteiger partial charge on any atom is -0.497 e. The highest BCUT2D eigenvalue weighted by molar-refractivity contribution is 5.29. The monoisotopic (exact) mass is 281 g/mol. The normalized spacial score (nSPS) is 20.9. The number of rotatable bonds is 5. The Morgan fingerprint density at radius 2 is 1.86 bits per heavy atom. The molecule has 2 aromatic rings. The summed E-state index contributed by atoms with van der Waals surface area (Å²) in [5.41, 5.74) is 4.11. The van der Waals surface area contributed by atoms with E-state index in [0.717, 1.165) is 18.2 Å². The minimum atomic E-state index is 0.641. The van der Waals surface area contributed by atoms with E-state index in [9.17, 15) is 0 Å². The maximum Gasteiger partial charge on any atom is 0.119 e. The highest BCUT2D eigenvalue weighted by Gasteiger charge is 2.29. The zero-order valence-electron chi connectivity index (χ0n) is 12.8. The lowest BCUT2D eigenvalue weighted by molar-refractivity contribution is 0.289. The third-order valence-electron chi connectivity index (χ3n) is 4.42. The Labute approximate surface area is 127 Å². The quantitative estimate of drug-likeness (QED) is 0.893. The summed E-state index contributed by atoms with van der Waals surface area (Å²) < 4.78 is 5.26. The summed E-state index contributed by atoms with van der Waals surface area (Å²) in [6.07, 6.45) is 2.49. The van der Waals surface area contributed by atoms with Crippen molar-refractivity contribution in [3.63, 3.8) is 0 Å². The van der Waals surface area contributed by atoms with Crippen LogP contribution in [-0.4, -0.2) is 13.2 Å². The van der Waals surface area contributed by atoms with E-state index in [-0.39, 0.29) is 0 Å². The molecule has 1 saturated carbocycles. The maximum absolute atomic E-state index is 5.26. The van der Waals surface area contributed by atoms with E-state index in [0.29, 0.717) is 6.04 Å². The predicted molar refractivity (Wildman–Crippen MR) is 86.8 cm³/mol. The maximum atomic E-state index is 5.26. The van der Waals surface area contributed by atoms with E-state index in [4.69, 9.17) is 4.74 Å². The van der Waals surface area contributed by atoms with Crippen LogP contribution in [0, 0.1) is 6.92 Å². The first-order valence-electron chi connectivity index (χ1n) is 7.67. The third-order valence-corrected chi connectivity index (χ3v) is 4.42. The largest absolute Gasteiger partial charge is 0.497 e. The Balaban J connectivity index is 1.47. The van der Waals surface area contributed by atoms with Crippen molar-refractivity contribution in [1.29, 1.82) is 0 Å². The number of hydrogen-bond donors (Lipinski definition) is 1. The molecule has 0 spiro atoms. The van der Waals surface area contributed by atoms with Crippen LogP contribution in [0.1, 0.15) is 35.4 Å². The highest BCUT2D eigenvalue weighted by atomic mass is 16.5. The molecule has 1 fully saturated rings. The van der Waals surface area contributed by atoms with Gasteiger partial charge in [-0.05, 0) is 48.9 Å². The summed E-state index contributed by atoms with van der Waals surface area (Å²) in [5.74, 6) is 1.66. The Kier molecular flexibility index (Phi) is 4.26. The van der Waals surface area contributed by atoms with Gasteiger partial charge in [-0.2, -0.15) is 0 Å². The zero-order chi connectivity index (χ0) is 14.7. The van der Waals surface area contributed by atoms with Crippen molar-refractivity contribution in [2.45, 2.75) is 38.3 Å². The molecule has 0 saturated heterocycles. The third kappa shape index (κ3) is 3.45. The first-order chi connectivity index (χ1) is 10.2. The first-order valence-corrected chi connectivity index (χ1v) is 7.67. The van der Waals surface area contributed by atoms with Crippen molar-refractivity contribution in [2.24, 2.45) is 0 Å². The summed E-state index contributed by atoms with van der Waals surface area (Å²) in [6, 6.07) is 17.9. The molecular formula is C19H23NO. The lowest BCUT2D eigenvalue weighted by atomic mass is 9.75. The molecule has 0 unspecified atom stereocenters. The molecular weight excluding hydrogens is 258 g/mol. The van der Waals surface area contributed by atoms with Crippen LogP contribution in [0.4, 0.5) is 0 Å². The van der Waals surface area contributed by atoms with E-state index >= 15 is 0 Å². The van der Waals surface area contributed by atoms with E-state index in [1.165, 1.54) is 29.5 Å². The molecule has 0 bridgehead atoms. The molecule has 2 nitrogen and oxygen atoms in total. The van der Waals surface area contributed by atoms with E-state index in [1.54, 1.807) is 7.11 Å². The van der Waals surface area contributed by atoms with Crippen LogP contribution >= 0.6 is 0 Å². The van der Waals surface area contributed by atoms with Crippen LogP contribution < -0.4 is 10.1 Å². The fraction of sp³-hybridized carbons (Fsp3) is 0.368. The smallest absolute Gasteiger partial charge is 0.119 e. The SMILES string of the molecule is COc1cccc(CNC2CC(c3ccc(C)cc3)C2)c1. The van der Waals surface area contributed by atoms with Gasteiger partial charge in [-0.1, -0.05) is 42.0 Å². The molecule has 0 amide bonds. The van der Waals surface area contributed by atoms with Crippen LogP contribution in [-0.2, 0) is 6.54 Å². The number of methoxy groups -OCH3 is 1. The summed E-state index contributed by atoms with van der Waals surface area (Å²) >= 11 is 0. The molecule has 0 heterocycles. The van der Waals surface area contributed by atoms with Gasteiger partial charge in [0.05, 0.1) is 7.11 Å². The second-order valence-electron chi connectivity index (χ2n) is 6.01. The van der Waals surface area contributed by atoms with Gasteiger partial charge in [0.2, 0.25) is 0 Å². The molecule has 0 atom stereocenters. The molecule has 2 heteroatoms. The molecule has 110 valence electrons. The standard InChI is InChI=1S/C19H23NO/c1-14-6-8-16(9-7-14)17-11-18(12-17)20-13-15-4-3-5-19(10-15)21-2/h3-10,17-18,20H,11-13H2,1-2H3. The summed E-state index contributed by atoms with van der Waals surface area (Å²) in [7, 11) is 1.71. The molecule has 1 N–H and O–H groups in total. The van der Waals surface area contributed by atoms with Gasteiger partial charge in [0, 0.05) is 12.6 Å². The molecule has 2 aromatic carbocycles. The minimum absolute atomic E-state index is 0.641. The van der Waals surface area contributed by atoms with Crippen molar-refractivity contribution < 1.29 is 4.74 Å². The Morgan fingerprint density at radius 1 is 1.10 bits per heavy atom. The molecule has 0 aliphatic heterocycles. The Morgan fingerprint density at radius 3 is 2.57 bits per heavy atom. The van der Waals surface area contributed by atoms with Gasteiger partial charge in [-0.25, -0.2) is 0 Å². The van der Waals surface area contributed by atoms with Crippen LogP contribution in [0.15, 0.2) is 48.5 Å². The van der Waals surface area contributed by atoms with Gasteiger partial charge < -0.3 is 10.1 Å². The fourth-order valence-corrected chi connectivity index (χ4v) is 2.94. The van der Waals surface area contributed by atoms with Crippen LogP contribution in [0.2, 0.25) is 0 Å². The lowest BCUT2D eigenvalue weighted by Crippen LogP contribution is -2.39. The fourth-order valence-electron chi connectivity index (χ4n) is 2.94. The van der Waals surface area contributed by atoms with Crippen molar-refractivity contribution in [2.75, 3.05) is 7.11 Å². The van der Waals surface area contributed by atoms with Crippen LogP contribution in [0.5, 0.6) is 5.75 Å².